The monoisotopic (exact) mass is 187 g/mol. The molecule has 0 bridgehead atoms. The van der Waals surface area contributed by atoms with Gasteiger partial charge in [0.15, 0.2) is 11.6 Å². The van der Waals surface area contributed by atoms with E-state index in [1.807, 2.05) is 0 Å². The van der Waals surface area contributed by atoms with E-state index in [1.54, 1.807) is 0 Å². The molecule has 1 aromatic rings. The van der Waals surface area contributed by atoms with Crippen LogP contribution in [-0.2, 0) is 0 Å². The van der Waals surface area contributed by atoms with Gasteiger partial charge in [0.1, 0.15) is 11.8 Å². The average Bonchev–Trinajstić information content (AvgIpc) is 2.09. The standard InChI is InChI=1S/C7H4F3N3/c8-5-4(6(9)10)1-3(2-11)13-7(5)12/h1,6H,(H2,12,13). The Morgan fingerprint density at radius 3 is 2.62 bits per heavy atom. The van der Waals surface area contributed by atoms with E-state index < -0.39 is 23.6 Å². The molecule has 0 amide bonds. The van der Waals surface area contributed by atoms with Gasteiger partial charge in [-0.15, -0.1) is 0 Å². The molecule has 0 saturated heterocycles. The van der Waals surface area contributed by atoms with Crippen molar-refractivity contribution in [1.29, 1.82) is 5.26 Å². The van der Waals surface area contributed by atoms with Gasteiger partial charge in [0, 0.05) is 0 Å². The fourth-order valence-corrected chi connectivity index (χ4v) is 0.786. The number of rotatable bonds is 1. The summed E-state index contributed by atoms with van der Waals surface area (Å²) in [5.41, 5.74) is 3.74. The van der Waals surface area contributed by atoms with Crippen molar-refractivity contribution in [1.82, 2.24) is 4.98 Å². The lowest BCUT2D eigenvalue weighted by Gasteiger charge is -2.03. The number of nitrogens with zero attached hydrogens (tertiary/aromatic N) is 2. The molecule has 0 aliphatic heterocycles. The topological polar surface area (TPSA) is 62.7 Å². The Bertz CT molecular complexity index is 370. The smallest absolute Gasteiger partial charge is 0.266 e. The number of nitrogens with two attached hydrogens (primary N) is 1. The van der Waals surface area contributed by atoms with Gasteiger partial charge in [-0.1, -0.05) is 0 Å². The molecular weight excluding hydrogens is 183 g/mol. The number of aromatic nitrogens is 1. The van der Waals surface area contributed by atoms with Crippen molar-refractivity contribution in [3.05, 3.63) is 23.1 Å². The second kappa shape index (κ2) is 3.31. The van der Waals surface area contributed by atoms with E-state index in [2.05, 4.69) is 4.98 Å². The maximum atomic E-state index is 12.8. The highest BCUT2D eigenvalue weighted by Crippen LogP contribution is 2.24. The van der Waals surface area contributed by atoms with Gasteiger partial charge in [-0.25, -0.2) is 18.2 Å². The molecular formula is C7H4F3N3. The molecule has 6 heteroatoms. The summed E-state index contributed by atoms with van der Waals surface area (Å²) < 4.78 is 37.0. The highest BCUT2D eigenvalue weighted by molar-refractivity contribution is 5.41. The molecule has 2 N–H and O–H groups in total. The first-order valence-corrected chi connectivity index (χ1v) is 3.20. The fraction of sp³-hybridized carbons (Fsp3) is 0.143. The fourth-order valence-electron chi connectivity index (χ4n) is 0.786. The van der Waals surface area contributed by atoms with Gasteiger partial charge in [-0.3, -0.25) is 0 Å². The maximum absolute atomic E-state index is 12.8. The predicted molar refractivity (Wildman–Crippen MR) is 38.3 cm³/mol. The van der Waals surface area contributed by atoms with Crippen LogP contribution in [0.2, 0.25) is 0 Å². The first-order chi connectivity index (χ1) is 6.06. The molecule has 0 radical (unpaired) electrons. The van der Waals surface area contributed by atoms with Gasteiger partial charge in [-0.05, 0) is 6.07 Å². The van der Waals surface area contributed by atoms with E-state index in [0.717, 1.165) is 0 Å². The predicted octanol–water partition coefficient (Wildman–Crippen LogP) is 1.61. The van der Waals surface area contributed by atoms with E-state index in [-0.39, 0.29) is 5.69 Å². The van der Waals surface area contributed by atoms with E-state index in [9.17, 15) is 13.2 Å². The third-order valence-electron chi connectivity index (χ3n) is 1.36. The molecule has 13 heavy (non-hydrogen) atoms. The number of hydrogen-bond acceptors (Lipinski definition) is 3. The lowest BCUT2D eigenvalue weighted by molar-refractivity contribution is 0.146. The van der Waals surface area contributed by atoms with Crippen LogP contribution in [-0.4, -0.2) is 4.98 Å². The zero-order valence-electron chi connectivity index (χ0n) is 6.26. The first-order valence-electron chi connectivity index (χ1n) is 3.20. The third-order valence-corrected chi connectivity index (χ3v) is 1.36. The molecule has 0 unspecified atom stereocenters. The Labute approximate surface area is 71.6 Å². The Balaban J connectivity index is 3.35. The highest BCUT2D eigenvalue weighted by atomic mass is 19.3. The van der Waals surface area contributed by atoms with Crippen LogP contribution in [0.15, 0.2) is 6.07 Å². The number of alkyl halides is 2. The van der Waals surface area contributed by atoms with Crippen molar-refractivity contribution >= 4 is 5.82 Å². The molecule has 1 rings (SSSR count). The molecule has 1 aromatic heterocycles. The number of anilines is 1. The molecule has 0 aromatic carbocycles. The molecule has 0 saturated carbocycles. The van der Waals surface area contributed by atoms with E-state index >= 15 is 0 Å². The summed E-state index contributed by atoms with van der Waals surface area (Å²) in [7, 11) is 0. The van der Waals surface area contributed by atoms with Crippen molar-refractivity contribution in [3.63, 3.8) is 0 Å². The van der Waals surface area contributed by atoms with Crippen molar-refractivity contribution in [3.8, 4) is 6.07 Å². The number of hydrogen-bond donors (Lipinski definition) is 1. The normalized spacial score (nSPS) is 10.1. The Hall–Kier alpha value is -1.77. The van der Waals surface area contributed by atoms with Gasteiger partial charge in [0.25, 0.3) is 6.43 Å². The van der Waals surface area contributed by atoms with Gasteiger partial charge >= 0.3 is 0 Å². The van der Waals surface area contributed by atoms with Crippen LogP contribution < -0.4 is 5.73 Å². The number of halogens is 3. The second-order valence-electron chi connectivity index (χ2n) is 2.21. The molecule has 1 heterocycles. The van der Waals surface area contributed by atoms with Crippen molar-refractivity contribution in [2.75, 3.05) is 5.73 Å². The maximum Gasteiger partial charge on any atom is 0.266 e. The van der Waals surface area contributed by atoms with Gasteiger partial charge in [0.05, 0.1) is 5.56 Å². The molecule has 3 nitrogen and oxygen atoms in total. The average molecular weight is 187 g/mol. The van der Waals surface area contributed by atoms with Crippen LogP contribution in [0.1, 0.15) is 17.7 Å². The quantitative estimate of drug-likeness (QED) is 0.726. The summed E-state index contributed by atoms with van der Waals surface area (Å²) in [6, 6.07) is 2.18. The summed E-state index contributed by atoms with van der Waals surface area (Å²) in [5, 5.41) is 8.32. The molecule has 0 atom stereocenters. The van der Waals surface area contributed by atoms with Crippen LogP contribution >= 0.6 is 0 Å². The van der Waals surface area contributed by atoms with E-state index in [0.29, 0.717) is 6.07 Å². The highest BCUT2D eigenvalue weighted by Gasteiger charge is 2.17. The van der Waals surface area contributed by atoms with Crippen LogP contribution in [0.3, 0.4) is 0 Å². The molecule has 68 valence electrons. The summed E-state index contributed by atoms with van der Waals surface area (Å²) in [6.45, 7) is 0. The van der Waals surface area contributed by atoms with Crippen molar-refractivity contribution in [2.24, 2.45) is 0 Å². The lowest BCUT2D eigenvalue weighted by atomic mass is 10.2. The van der Waals surface area contributed by atoms with Crippen LogP contribution in [0, 0.1) is 17.1 Å². The Kier molecular flexibility index (Phi) is 2.37. The molecule has 0 fully saturated rings. The number of pyridine rings is 1. The summed E-state index contributed by atoms with van der Waals surface area (Å²) in [5.74, 6) is -1.96. The zero-order valence-corrected chi connectivity index (χ0v) is 6.26. The van der Waals surface area contributed by atoms with Crippen LogP contribution in [0.25, 0.3) is 0 Å². The van der Waals surface area contributed by atoms with E-state index in [4.69, 9.17) is 11.0 Å². The molecule has 0 spiro atoms. The number of nitrogen functional groups attached to an aromatic ring is 1. The largest absolute Gasteiger partial charge is 0.381 e. The second-order valence-corrected chi connectivity index (χ2v) is 2.21. The SMILES string of the molecule is N#Cc1cc(C(F)F)c(F)c(N)n1. The minimum absolute atomic E-state index is 0.325. The summed E-state index contributed by atoms with van der Waals surface area (Å²) in [6.07, 6.45) is -3.00. The zero-order chi connectivity index (χ0) is 10.0. The van der Waals surface area contributed by atoms with Crippen LogP contribution in [0.5, 0.6) is 0 Å². The van der Waals surface area contributed by atoms with Crippen molar-refractivity contribution < 1.29 is 13.2 Å². The lowest BCUT2D eigenvalue weighted by Crippen LogP contribution is -2.02. The van der Waals surface area contributed by atoms with Crippen molar-refractivity contribution in [2.45, 2.75) is 6.43 Å². The minimum atomic E-state index is -3.00. The Morgan fingerprint density at radius 2 is 2.15 bits per heavy atom. The molecule has 0 aliphatic carbocycles. The number of nitriles is 1. The van der Waals surface area contributed by atoms with E-state index in [1.165, 1.54) is 6.07 Å². The summed E-state index contributed by atoms with van der Waals surface area (Å²) in [4.78, 5) is 3.24. The first kappa shape index (κ1) is 9.32. The Morgan fingerprint density at radius 1 is 1.54 bits per heavy atom. The van der Waals surface area contributed by atoms with Gasteiger partial charge < -0.3 is 5.73 Å². The van der Waals surface area contributed by atoms with Gasteiger partial charge in [0.2, 0.25) is 0 Å². The minimum Gasteiger partial charge on any atom is -0.381 e. The third kappa shape index (κ3) is 1.69. The molecule has 0 aliphatic rings. The van der Waals surface area contributed by atoms with Crippen LogP contribution in [0.4, 0.5) is 19.0 Å². The summed E-state index contributed by atoms with van der Waals surface area (Å²) >= 11 is 0. The van der Waals surface area contributed by atoms with Gasteiger partial charge in [-0.2, -0.15) is 5.26 Å².